The van der Waals surface area contributed by atoms with Crippen molar-refractivity contribution in [1.29, 1.82) is 0 Å². The fourth-order valence-corrected chi connectivity index (χ4v) is 3.59. The fourth-order valence-electron chi connectivity index (χ4n) is 2.79. The zero-order valence-corrected chi connectivity index (χ0v) is 16.3. The Balaban J connectivity index is 1.89. The van der Waals surface area contributed by atoms with Gasteiger partial charge >= 0.3 is 5.69 Å². The van der Waals surface area contributed by atoms with E-state index in [2.05, 4.69) is 10.3 Å². The van der Waals surface area contributed by atoms with Crippen molar-refractivity contribution in [2.24, 2.45) is 14.1 Å². The molecule has 0 unspecified atom stereocenters. The Morgan fingerprint density at radius 1 is 1.11 bits per heavy atom. The molecule has 3 aromatic rings. The molecule has 1 aromatic carbocycles. The van der Waals surface area contributed by atoms with Crippen molar-refractivity contribution in [3.8, 4) is 0 Å². The summed E-state index contributed by atoms with van der Waals surface area (Å²) in [6.07, 6.45) is 2.50. The maximum absolute atomic E-state index is 12.4. The van der Waals surface area contributed by atoms with Crippen LogP contribution in [0.25, 0.3) is 11.0 Å². The van der Waals surface area contributed by atoms with Crippen LogP contribution in [0.5, 0.6) is 0 Å². The van der Waals surface area contributed by atoms with Crippen molar-refractivity contribution in [3.63, 3.8) is 0 Å². The van der Waals surface area contributed by atoms with E-state index < -0.39 is 27.0 Å². The summed E-state index contributed by atoms with van der Waals surface area (Å²) in [5.41, 5.74) is 0.425. The van der Waals surface area contributed by atoms with Gasteiger partial charge < -0.3 is 5.32 Å². The lowest BCUT2D eigenvalue weighted by molar-refractivity contribution is 0.102. The quantitative estimate of drug-likeness (QED) is 0.676. The first-order valence-electron chi connectivity index (χ1n) is 8.20. The summed E-state index contributed by atoms with van der Waals surface area (Å²) in [5, 5.41) is 2.84. The molecular weight excluding hydrogens is 384 g/mol. The average Bonchev–Trinajstić information content (AvgIpc) is 2.64. The van der Waals surface area contributed by atoms with Crippen LogP contribution >= 0.6 is 0 Å². The Morgan fingerprint density at radius 3 is 2.36 bits per heavy atom. The number of carbonyl (C=O) groups excluding carboxylic acids is 1. The predicted molar refractivity (Wildman–Crippen MR) is 105 cm³/mol. The first-order chi connectivity index (χ1) is 13.1. The third kappa shape index (κ3) is 3.86. The van der Waals surface area contributed by atoms with Gasteiger partial charge in [-0.05, 0) is 23.8 Å². The highest BCUT2D eigenvalue weighted by atomic mass is 32.2. The standard InChI is InChI=1S/C18H18N4O5S/c1-21-15-14(17(24)22(2)18(21)25)8-13(9-19-15)20-16(23)12-6-4-11(5-7-12)10-28(3,26)27/h4-9H,10H2,1-3H3,(H,20,23). The van der Waals surface area contributed by atoms with Crippen LogP contribution in [0.15, 0.2) is 46.1 Å². The van der Waals surface area contributed by atoms with Crippen LogP contribution in [0.3, 0.4) is 0 Å². The number of amides is 1. The highest BCUT2D eigenvalue weighted by Crippen LogP contribution is 2.14. The van der Waals surface area contributed by atoms with E-state index in [1.165, 1.54) is 43.1 Å². The van der Waals surface area contributed by atoms with Gasteiger partial charge in [-0.2, -0.15) is 0 Å². The van der Waals surface area contributed by atoms with Gasteiger partial charge in [0.1, 0.15) is 5.65 Å². The number of nitrogens with zero attached hydrogens (tertiary/aromatic N) is 3. The van der Waals surface area contributed by atoms with E-state index >= 15 is 0 Å². The summed E-state index contributed by atoms with van der Waals surface area (Å²) in [6.45, 7) is 0. The Labute approximate surface area is 160 Å². The van der Waals surface area contributed by atoms with Gasteiger partial charge in [-0.15, -0.1) is 0 Å². The van der Waals surface area contributed by atoms with E-state index in [9.17, 15) is 22.8 Å². The van der Waals surface area contributed by atoms with Crippen molar-refractivity contribution in [2.75, 3.05) is 11.6 Å². The Bertz CT molecular complexity index is 1300. The summed E-state index contributed by atoms with van der Waals surface area (Å²) in [4.78, 5) is 40.8. The topological polar surface area (TPSA) is 120 Å². The monoisotopic (exact) mass is 402 g/mol. The van der Waals surface area contributed by atoms with E-state index in [0.29, 0.717) is 16.8 Å². The number of aryl methyl sites for hydroxylation is 1. The molecule has 2 aromatic heterocycles. The Morgan fingerprint density at radius 2 is 1.75 bits per heavy atom. The average molecular weight is 402 g/mol. The smallest absolute Gasteiger partial charge is 0.321 e. The van der Waals surface area contributed by atoms with E-state index in [0.717, 1.165) is 10.8 Å². The molecule has 2 heterocycles. The van der Waals surface area contributed by atoms with Gasteiger partial charge in [0.2, 0.25) is 0 Å². The number of aromatic nitrogens is 3. The highest BCUT2D eigenvalue weighted by molar-refractivity contribution is 7.89. The van der Waals surface area contributed by atoms with Crippen LogP contribution in [0.2, 0.25) is 0 Å². The molecule has 0 atom stereocenters. The van der Waals surface area contributed by atoms with Gasteiger partial charge in [-0.1, -0.05) is 12.1 Å². The van der Waals surface area contributed by atoms with Crippen molar-refractivity contribution >= 4 is 32.5 Å². The molecule has 0 spiro atoms. The molecule has 0 fully saturated rings. The number of benzene rings is 1. The lowest BCUT2D eigenvalue weighted by atomic mass is 10.1. The van der Waals surface area contributed by atoms with Crippen molar-refractivity contribution in [3.05, 3.63) is 68.5 Å². The number of hydrogen-bond acceptors (Lipinski definition) is 6. The van der Waals surface area contributed by atoms with E-state index in [1.54, 1.807) is 12.1 Å². The number of hydrogen-bond donors (Lipinski definition) is 1. The molecule has 0 aliphatic rings. The second kappa shape index (κ2) is 7.04. The van der Waals surface area contributed by atoms with Crippen molar-refractivity contribution in [2.45, 2.75) is 5.75 Å². The molecule has 10 heteroatoms. The molecular formula is C18H18N4O5S. The summed E-state index contributed by atoms with van der Waals surface area (Å²) in [6, 6.07) is 7.64. The first-order valence-corrected chi connectivity index (χ1v) is 10.3. The minimum absolute atomic E-state index is 0.106. The second-order valence-corrected chi connectivity index (χ2v) is 8.66. The lowest BCUT2D eigenvalue weighted by Gasteiger charge is -2.09. The number of anilines is 1. The summed E-state index contributed by atoms with van der Waals surface area (Å²) in [7, 11) is -0.283. The molecule has 0 saturated carbocycles. The number of pyridine rings is 1. The largest absolute Gasteiger partial charge is 0.332 e. The molecule has 0 aliphatic carbocycles. The minimum Gasteiger partial charge on any atom is -0.321 e. The first kappa shape index (κ1) is 19.5. The predicted octanol–water partition coefficient (Wildman–Crippen LogP) is 0.429. The maximum atomic E-state index is 12.4. The molecule has 0 bridgehead atoms. The van der Waals surface area contributed by atoms with Crippen LogP contribution in [0, 0.1) is 0 Å². The van der Waals surface area contributed by atoms with E-state index in [4.69, 9.17) is 0 Å². The van der Waals surface area contributed by atoms with Gasteiger partial charge in [0.05, 0.1) is 23.0 Å². The number of fused-ring (bicyclic) bond motifs is 1. The zero-order chi connectivity index (χ0) is 20.6. The van der Waals surface area contributed by atoms with Crippen molar-refractivity contribution in [1.82, 2.24) is 14.1 Å². The third-order valence-electron chi connectivity index (χ3n) is 4.20. The highest BCUT2D eigenvalue weighted by Gasteiger charge is 2.13. The molecule has 0 aliphatic heterocycles. The Kier molecular flexibility index (Phi) is 4.90. The summed E-state index contributed by atoms with van der Waals surface area (Å²) < 4.78 is 24.9. The van der Waals surface area contributed by atoms with Crippen LogP contribution in [-0.2, 0) is 29.7 Å². The SMILES string of the molecule is Cn1c(=O)c2cc(NC(=O)c3ccc(CS(C)(=O)=O)cc3)cnc2n(C)c1=O. The van der Waals surface area contributed by atoms with E-state index in [-0.39, 0.29) is 16.8 Å². The number of rotatable bonds is 4. The van der Waals surface area contributed by atoms with Gasteiger partial charge in [-0.3, -0.25) is 18.7 Å². The Hall–Kier alpha value is -3.27. The van der Waals surface area contributed by atoms with Gasteiger partial charge in [0.15, 0.2) is 9.84 Å². The molecule has 9 nitrogen and oxygen atoms in total. The lowest BCUT2D eigenvalue weighted by Crippen LogP contribution is -2.37. The normalized spacial score (nSPS) is 11.5. The zero-order valence-electron chi connectivity index (χ0n) is 15.5. The fraction of sp³-hybridized carbons (Fsp3) is 0.222. The molecule has 28 heavy (non-hydrogen) atoms. The molecule has 3 rings (SSSR count). The van der Waals surface area contributed by atoms with E-state index in [1.807, 2.05) is 0 Å². The summed E-state index contributed by atoms with van der Waals surface area (Å²) in [5.74, 6) is -0.542. The van der Waals surface area contributed by atoms with Gasteiger partial charge in [-0.25, -0.2) is 18.2 Å². The van der Waals surface area contributed by atoms with Crippen molar-refractivity contribution < 1.29 is 13.2 Å². The van der Waals surface area contributed by atoms with Gasteiger partial charge in [0, 0.05) is 25.9 Å². The van der Waals surface area contributed by atoms with Crippen LogP contribution in [0.1, 0.15) is 15.9 Å². The second-order valence-electron chi connectivity index (χ2n) is 6.52. The number of sulfone groups is 1. The molecule has 1 N–H and O–H groups in total. The molecule has 0 radical (unpaired) electrons. The van der Waals surface area contributed by atoms with Crippen LogP contribution in [0.4, 0.5) is 5.69 Å². The number of carbonyl (C=O) groups is 1. The third-order valence-corrected chi connectivity index (χ3v) is 5.05. The minimum atomic E-state index is -3.16. The maximum Gasteiger partial charge on any atom is 0.332 e. The van der Waals surface area contributed by atoms with Gasteiger partial charge in [0.25, 0.3) is 11.5 Å². The molecule has 0 saturated heterocycles. The summed E-state index contributed by atoms with van der Waals surface area (Å²) >= 11 is 0. The number of nitrogens with one attached hydrogen (secondary N) is 1. The molecule has 1 amide bonds. The molecule has 146 valence electrons. The van der Waals surface area contributed by atoms with Crippen LogP contribution in [-0.4, -0.2) is 34.7 Å². The van der Waals surface area contributed by atoms with Crippen LogP contribution < -0.4 is 16.6 Å².